The number of hydrogen-bond acceptors (Lipinski definition) is 5. The van der Waals surface area contributed by atoms with E-state index in [0.29, 0.717) is 30.9 Å². The number of carbonyl (C=O) groups excluding carboxylic acids is 1. The molecule has 1 aliphatic carbocycles. The van der Waals surface area contributed by atoms with Crippen LogP contribution in [0.1, 0.15) is 40.1 Å². The molecule has 0 bridgehead atoms. The maximum atomic E-state index is 12.6. The molecule has 3 aromatic heterocycles. The van der Waals surface area contributed by atoms with E-state index in [1.807, 2.05) is 34.3 Å². The molecule has 1 aliphatic rings. The highest BCUT2D eigenvalue weighted by molar-refractivity contribution is 7.10. The summed E-state index contributed by atoms with van der Waals surface area (Å²) in [6, 6.07) is 7.42. The molecule has 0 aromatic carbocycles. The lowest BCUT2D eigenvalue weighted by Crippen LogP contribution is -2.41. The molecule has 2 N–H and O–H groups in total. The highest BCUT2D eigenvalue weighted by atomic mass is 32.1. The van der Waals surface area contributed by atoms with Crippen LogP contribution in [0, 0.1) is 5.92 Å². The number of aliphatic hydroxyl groups is 1. The number of amides is 1. The number of nitrogens with one attached hydrogen (secondary N) is 1. The van der Waals surface area contributed by atoms with Crippen molar-refractivity contribution in [3.63, 3.8) is 0 Å². The van der Waals surface area contributed by atoms with E-state index in [0.717, 1.165) is 4.88 Å². The van der Waals surface area contributed by atoms with Gasteiger partial charge in [-0.1, -0.05) is 6.07 Å². The van der Waals surface area contributed by atoms with E-state index in [1.165, 1.54) is 0 Å². The van der Waals surface area contributed by atoms with Crippen LogP contribution in [-0.2, 0) is 6.54 Å². The Bertz CT molecular complexity index is 820. The Kier molecular flexibility index (Phi) is 4.42. The number of thiophene rings is 1. The first kappa shape index (κ1) is 16.1. The predicted octanol–water partition coefficient (Wildman–Crippen LogP) is 2.83. The van der Waals surface area contributed by atoms with Crippen LogP contribution in [-0.4, -0.2) is 26.7 Å². The quantitative estimate of drug-likeness (QED) is 0.711. The molecule has 0 unspecified atom stereocenters. The second-order valence-electron chi connectivity index (χ2n) is 6.35. The van der Waals surface area contributed by atoms with E-state index < -0.39 is 0 Å². The summed E-state index contributed by atoms with van der Waals surface area (Å²) >= 11 is 1.62. The lowest BCUT2D eigenvalue weighted by atomic mass is 9.76. The fourth-order valence-corrected chi connectivity index (χ4v) is 4.02. The summed E-state index contributed by atoms with van der Waals surface area (Å²) in [7, 11) is 0. The highest BCUT2D eigenvalue weighted by Crippen LogP contribution is 2.39. The summed E-state index contributed by atoms with van der Waals surface area (Å²) in [5.41, 5.74) is 0. The maximum absolute atomic E-state index is 12.6. The molecule has 4 rings (SSSR count). The molecule has 130 valence electrons. The van der Waals surface area contributed by atoms with Crippen molar-refractivity contribution in [3.8, 4) is 0 Å². The Morgan fingerprint density at radius 2 is 2.32 bits per heavy atom. The average molecular weight is 357 g/mol. The maximum Gasteiger partial charge on any atom is 0.287 e. The van der Waals surface area contributed by atoms with Gasteiger partial charge in [-0.05, 0) is 42.3 Å². The molecule has 7 heteroatoms. The summed E-state index contributed by atoms with van der Waals surface area (Å²) in [5, 5.41) is 14.7. The molecule has 1 atom stereocenters. The van der Waals surface area contributed by atoms with Crippen LogP contribution in [0.5, 0.6) is 0 Å². The van der Waals surface area contributed by atoms with E-state index in [9.17, 15) is 9.90 Å². The molecule has 1 fully saturated rings. The summed E-state index contributed by atoms with van der Waals surface area (Å²) in [6.07, 6.45) is 6.43. The molecule has 0 aliphatic heterocycles. The van der Waals surface area contributed by atoms with Crippen molar-refractivity contribution >= 4 is 17.2 Å². The van der Waals surface area contributed by atoms with Gasteiger partial charge in [-0.3, -0.25) is 4.79 Å². The summed E-state index contributed by atoms with van der Waals surface area (Å²) in [5.74, 6) is 1.04. The molecule has 0 spiro atoms. The molecular weight excluding hydrogens is 338 g/mol. The van der Waals surface area contributed by atoms with Crippen LogP contribution < -0.4 is 5.32 Å². The van der Waals surface area contributed by atoms with Crippen LogP contribution in [0.25, 0.3) is 0 Å². The van der Waals surface area contributed by atoms with Gasteiger partial charge >= 0.3 is 0 Å². The minimum atomic E-state index is -0.255. The molecule has 6 nitrogen and oxygen atoms in total. The number of imidazole rings is 1. The Hall–Kier alpha value is -2.38. The van der Waals surface area contributed by atoms with Crippen molar-refractivity contribution in [2.45, 2.75) is 31.5 Å². The van der Waals surface area contributed by atoms with Gasteiger partial charge in [-0.25, -0.2) is 4.98 Å². The van der Waals surface area contributed by atoms with Crippen molar-refractivity contribution in [3.05, 3.63) is 64.8 Å². The smallest absolute Gasteiger partial charge is 0.287 e. The number of aromatic nitrogens is 2. The molecule has 0 radical (unpaired) electrons. The monoisotopic (exact) mass is 357 g/mol. The number of rotatable bonds is 6. The third kappa shape index (κ3) is 3.52. The van der Waals surface area contributed by atoms with Gasteiger partial charge in [0.1, 0.15) is 5.76 Å². The van der Waals surface area contributed by atoms with Crippen molar-refractivity contribution in [1.82, 2.24) is 14.9 Å². The van der Waals surface area contributed by atoms with Crippen LogP contribution >= 0.6 is 11.3 Å². The zero-order chi connectivity index (χ0) is 17.2. The van der Waals surface area contributed by atoms with Gasteiger partial charge in [-0.15, -0.1) is 11.3 Å². The Morgan fingerprint density at radius 3 is 3.00 bits per heavy atom. The number of aliphatic hydroxyl groups excluding tert-OH is 1. The second kappa shape index (κ2) is 6.85. The Balaban J connectivity index is 1.45. The van der Waals surface area contributed by atoms with Gasteiger partial charge in [0.05, 0.1) is 25.0 Å². The number of carbonyl (C=O) groups is 1. The number of furan rings is 1. The van der Waals surface area contributed by atoms with Crippen molar-refractivity contribution in [2.24, 2.45) is 5.92 Å². The first-order valence-corrected chi connectivity index (χ1v) is 9.14. The van der Waals surface area contributed by atoms with Crippen LogP contribution in [0.4, 0.5) is 0 Å². The van der Waals surface area contributed by atoms with E-state index in [4.69, 9.17) is 4.42 Å². The normalized spacial score (nSPS) is 20.8. The van der Waals surface area contributed by atoms with Crippen molar-refractivity contribution in [1.29, 1.82) is 0 Å². The molecular formula is C18H19N3O3S. The zero-order valence-electron chi connectivity index (χ0n) is 13.5. The van der Waals surface area contributed by atoms with Gasteiger partial charge in [-0.2, -0.15) is 0 Å². The fraction of sp³-hybridized carbons (Fsp3) is 0.333. The van der Waals surface area contributed by atoms with Crippen LogP contribution in [0.2, 0.25) is 0 Å². The standard InChI is InChI=1S/C18H19N3O3S/c22-13-8-12(9-13)17(16-2-1-7-25-16)20-18(23)15-4-3-14(24-15)10-21-6-5-19-11-21/h1-7,11-13,17,22H,8-10H2,(H,20,23)/t12?,13?,17-/m0/s1. The number of nitrogens with zero attached hydrogens (tertiary/aromatic N) is 2. The van der Waals surface area contributed by atoms with E-state index in [2.05, 4.69) is 10.3 Å². The lowest BCUT2D eigenvalue weighted by molar-refractivity contribution is 0.0238. The molecule has 1 saturated carbocycles. The second-order valence-corrected chi connectivity index (χ2v) is 7.33. The molecule has 3 heterocycles. The third-order valence-corrected chi connectivity index (χ3v) is 5.50. The van der Waals surface area contributed by atoms with Crippen molar-refractivity contribution in [2.75, 3.05) is 0 Å². The molecule has 1 amide bonds. The molecule has 0 saturated heterocycles. The minimum Gasteiger partial charge on any atom is -0.454 e. The third-order valence-electron chi connectivity index (χ3n) is 4.54. The topological polar surface area (TPSA) is 80.3 Å². The summed E-state index contributed by atoms with van der Waals surface area (Å²) in [6.45, 7) is 0.538. The van der Waals surface area contributed by atoms with E-state index in [1.54, 1.807) is 29.9 Å². The minimum absolute atomic E-state index is 0.0851. The Morgan fingerprint density at radius 1 is 1.44 bits per heavy atom. The SMILES string of the molecule is O=C(N[C@H](c1cccs1)C1CC(O)C1)c1ccc(Cn2ccnc2)o1. The van der Waals surface area contributed by atoms with E-state index >= 15 is 0 Å². The molecule has 25 heavy (non-hydrogen) atoms. The summed E-state index contributed by atoms with van der Waals surface area (Å²) < 4.78 is 7.56. The Labute approximate surface area is 149 Å². The van der Waals surface area contributed by atoms with Gasteiger partial charge in [0.15, 0.2) is 5.76 Å². The van der Waals surface area contributed by atoms with Crippen LogP contribution in [0.3, 0.4) is 0 Å². The lowest BCUT2D eigenvalue weighted by Gasteiger charge is -2.37. The first-order chi connectivity index (χ1) is 12.2. The van der Waals surface area contributed by atoms with Gasteiger partial charge in [0.25, 0.3) is 5.91 Å². The predicted molar refractivity (Wildman–Crippen MR) is 93.3 cm³/mol. The van der Waals surface area contributed by atoms with Crippen LogP contribution in [0.15, 0.2) is 52.8 Å². The largest absolute Gasteiger partial charge is 0.454 e. The zero-order valence-corrected chi connectivity index (χ0v) is 14.4. The fourth-order valence-electron chi connectivity index (χ4n) is 3.15. The summed E-state index contributed by atoms with van der Waals surface area (Å²) in [4.78, 5) is 17.7. The first-order valence-electron chi connectivity index (χ1n) is 8.26. The van der Waals surface area contributed by atoms with Gasteiger partial charge in [0.2, 0.25) is 0 Å². The van der Waals surface area contributed by atoms with Gasteiger partial charge in [0, 0.05) is 17.3 Å². The van der Waals surface area contributed by atoms with Crippen molar-refractivity contribution < 1.29 is 14.3 Å². The number of hydrogen-bond donors (Lipinski definition) is 2. The molecule has 3 aromatic rings. The van der Waals surface area contributed by atoms with Gasteiger partial charge < -0.3 is 19.4 Å². The van der Waals surface area contributed by atoms with E-state index in [-0.39, 0.29) is 24.0 Å². The highest BCUT2D eigenvalue weighted by Gasteiger charge is 2.36. The average Bonchev–Trinajstić information content (AvgIpc) is 3.31.